The van der Waals surface area contributed by atoms with Gasteiger partial charge in [0.25, 0.3) is 0 Å². The number of aromatic nitrogens is 1. The summed E-state index contributed by atoms with van der Waals surface area (Å²) in [6.07, 6.45) is 0.410. The van der Waals surface area contributed by atoms with E-state index in [0.29, 0.717) is 18.8 Å². The van der Waals surface area contributed by atoms with Crippen LogP contribution in [0.1, 0.15) is 12.0 Å². The second-order valence-electron chi connectivity index (χ2n) is 3.75. The van der Waals surface area contributed by atoms with E-state index in [1.165, 1.54) is 0 Å². The van der Waals surface area contributed by atoms with Crippen LogP contribution in [0.4, 0.5) is 5.82 Å². The van der Waals surface area contributed by atoms with Crippen molar-refractivity contribution in [1.82, 2.24) is 4.98 Å². The van der Waals surface area contributed by atoms with Gasteiger partial charge in [0.2, 0.25) is 5.91 Å². The summed E-state index contributed by atoms with van der Waals surface area (Å²) in [6.45, 7) is 2.51. The van der Waals surface area contributed by atoms with Crippen LogP contribution in [0, 0.1) is 6.92 Å². The maximum atomic E-state index is 11.6. The van der Waals surface area contributed by atoms with E-state index in [-0.39, 0.29) is 11.9 Å². The van der Waals surface area contributed by atoms with Gasteiger partial charge >= 0.3 is 0 Å². The van der Waals surface area contributed by atoms with E-state index >= 15 is 0 Å². The standard InChI is InChI=1S/C10H12BrN3O/c1-6-2-3-8(13-10(6)11)14-5-7(12)4-9(14)15/h2-3,7H,4-5,12H2,1H3. The average molecular weight is 270 g/mol. The van der Waals surface area contributed by atoms with E-state index in [9.17, 15) is 4.79 Å². The minimum absolute atomic E-state index is 0.0470. The number of nitrogens with two attached hydrogens (primary N) is 1. The van der Waals surface area contributed by atoms with Crippen molar-refractivity contribution in [3.05, 3.63) is 22.3 Å². The third-order valence-corrected chi connectivity index (χ3v) is 3.25. The number of halogens is 1. The van der Waals surface area contributed by atoms with Gasteiger partial charge in [0.15, 0.2) is 0 Å². The van der Waals surface area contributed by atoms with Crippen molar-refractivity contribution in [2.24, 2.45) is 5.73 Å². The van der Waals surface area contributed by atoms with Crippen LogP contribution in [-0.2, 0) is 4.79 Å². The molecule has 15 heavy (non-hydrogen) atoms. The lowest BCUT2D eigenvalue weighted by molar-refractivity contribution is -0.117. The summed E-state index contributed by atoms with van der Waals surface area (Å²) in [4.78, 5) is 17.5. The second kappa shape index (κ2) is 3.90. The molecular weight excluding hydrogens is 258 g/mol. The predicted molar refractivity (Wildman–Crippen MR) is 61.6 cm³/mol. The van der Waals surface area contributed by atoms with Gasteiger partial charge in [-0.1, -0.05) is 6.07 Å². The number of carbonyl (C=O) groups excluding carboxylic acids is 1. The Morgan fingerprint density at radius 1 is 1.60 bits per heavy atom. The molecule has 0 spiro atoms. The molecule has 1 aliphatic rings. The Morgan fingerprint density at radius 3 is 2.87 bits per heavy atom. The van der Waals surface area contributed by atoms with Gasteiger partial charge in [-0.25, -0.2) is 4.98 Å². The van der Waals surface area contributed by atoms with Crippen LogP contribution in [0.2, 0.25) is 0 Å². The highest BCUT2D eigenvalue weighted by Gasteiger charge is 2.28. The molecule has 0 aromatic carbocycles. The lowest BCUT2D eigenvalue weighted by Gasteiger charge is -2.15. The van der Waals surface area contributed by atoms with E-state index in [1.54, 1.807) is 4.90 Å². The van der Waals surface area contributed by atoms with Gasteiger partial charge in [0.05, 0.1) is 0 Å². The number of hydrogen-bond donors (Lipinski definition) is 1. The van der Waals surface area contributed by atoms with Gasteiger partial charge in [-0.15, -0.1) is 0 Å². The van der Waals surface area contributed by atoms with Gasteiger partial charge in [0, 0.05) is 19.0 Å². The maximum Gasteiger partial charge on any atom is 0.229 e. The summed E-state index contributed by atoms with van der Waals surface area (Å²) in [6, 6.07) is 3.71. The van der Waals surface area contributed by atoms with Crippen molar-refractivity contribution in [2.75, 3.05) is 11.4 Å². The van der Waals surface area contributed by atoms with Crippen LogP contribution in [0.15, 0.2) is 16.7 Å². The van der Waals surface area contributed by atoms with Crippen LogP contribution in [0.25, 0.3) is 0 Å². The summed E-state index contributed by atoms with van der Waals surface area (Å²) in [5, 5.41) is 0. The molecule has 1 aliphatic heterocycles. The van der Waals surface area contributed by atoms with Gasteiger partial charge < -0.3 is 5.73 Å². The Kier molecular flexibility index (Phi) is 2.75. The van der Waals surface area contributed by atoms with Gasteiger partial charge in [0.1, 0.15) is 10.4 Å². The summed E-state index contributed by atoms with van der Waals surface area (Å²) in [5.74, 6) is 0.719. The molecule has 0 saturated carbocycles. The summed E-state index contributed by atoms with van der Waals surface area (Å²) in [7, 11) is 0. The summed E-state index contributed by atoms with van der Waals surface area (Å²) in [5.41, 5.74) is 6.77. The molecule has 1 unspecified atom stereocenters. The first kappa shape index (κ1) is 10.6. The third-order valence-electron chi connectivity index (χ3n) is 2.45. The van der Waals surface area contributed by atoms with Crippen molar-refractivity contribution in [3.8, 4) is 0 Å². The zero-order chi connectivity index (χ0) is 11.0. The molecule has 80 valence electrons. The van der Waals surface area contributed by atoms with Crippen molar-refractivity contribution >= 4 is 27.7 Å². The molecule has 1 fully saturated rings. The van der Waals surface area contributed by atoms with Crippen LogP contribution < -0.4 is 10.6 Å². The smallest absolute Gasteiger partial charge is 0.229 e. The Hall–Kier alpha value is -0.940. The van der Waals surface area contributed by atoms with E-state index in [0.717, 1.165) is 10.2 Å². The minimum Gasteiger partial charge on any atom is -0.326 e. The lowest BCUT2D eigenvalue weighted by atomic mass is 10.3. The number of hydrogen-bond acceptors (Lipinski definition) is 3. The fourth-order valence-corrected chi connectivity index (χ4v) is 1.92. The van der Waals surface area contributed by atoms with Gasteiger partial charge in [-0.05, 0) is 34.5 Å². The zero-order valence-electron chi connectivity index (χ0n) is 8.40. The minimum atomic E-state index is -0.0700. The summed E-state index contributed by atoms with van der Waals surface area (Å²) < 4.78 is 0.772. The van der Waals surface area contributed by atoms with Crippen molar-refractivity contribution in [3.63, 3.8) is 0 Å². The fraction of sp³-hybridized carbons (Fsp3) is 0.400. The number of aryl methyl sites for hydroxylation is 1. The molecule has 4 nitrogen and oxygen atoms in total. The normalized spacial score (nSPS) is 21.1. The first-order chi connectivity index (χ1) is 7.08. The average Bonchev–Trinajstić information content (AvgIpc) is 2.50. The molecule has 0 radical (unpaired) electrons. The Balaban J connectivity index is 2.30. The first-order valence-electron chi connectivity index (χ1n) is 4.77. The highest BCUT2D eigenvalue weighted by atomic mass is 79.9. The third kappa shape index (κ3) is 2.03. The number of pyridine rings is 1. The Morgan fingerprint density at radius 2 is 2.33 bits per heavy atom. The molecule has 5 heteroatoms. The van der Waals surface area contributed by atoms with Crippen LogP contribution in [0.3, 0.4) is 0 Å². The maximum absolute atomic E-state index is 11.6. The molecular formula is C10H12BrN3O. The number of anilines is 1. The van der Waals surface area contributed by atoms with Crippen LogP contribution in [0.5, 0.6) is 0 Å². The van der Waals surface area contributed by atoms with E-state index in [4.69, 9.17) is 5.73 Å². The zero-order valence-corrected chi connectivity index (χ0v) is 9.99. The SMILES string of the molecule is Cc1ccc(N2CC(N)CC2=O)nc1Br. The number of carbonyl (C=O) groups is 1. The fourth-order valence-electron chi connectivity index (χ4n) is 1.60. The Bertz CT molecular complexity index is 408. The largest absolute Gasteiger partial charge is 0.326 e. The number of nitrogens with zero attached hydrogens (tertiary/aromatic N) is 2. The van der Waals surface area contributed by atoms with E-state index < -0.39 is 0 Å². The molecule has 0 bridgehead atoms. The lowest BCUT2D eigenvalue weighted by Crippen LogP contribution is -2.28. The summed E-state index contributed by atoms with van der Waals surface area (Å²) >= 11 is 3.35. The molecule has 2 heterocycles. The predicted octanol–water partition coefficient (Wildman–Crippen LogP) is 1.22. The van der Waals surface area contributed by atoms with Gasteiger partial charge in [-0.3, -0.25) is 9.69 Å². The van der Waals surface area contributed by atoms with Crippen molar-refractivity contribution in [2.45, 2.75) is 19.4 Å². The van der Waals surface area contributed by atoms with E-state index in [1.807, 2.05) is 19.1 Å². The number of rotatable bonds is 1. The van der Waals surface area contributed by atoms with Crippen molar-refractivity contribution < 1.29 is 4.79 Å². The quantitative estimate of drug-likeness (QED) is 0.780. The monoisotopic (exact) mass is 269 g/mol. The molecule has 1 aromatic heterocycles. The molecule has 2 rings (SSSR count). The van der Waals surface area contributed by atoms with Crippen LogP contribution >= 0.6 is 15.9 Å². The van der Waals surface area contributed by atoms with Crippen LogP contribution in [-0.4, -0.2) is 23.5 Å². The van der Waals surface area contributed by atoms with E-state index in [2.05, 4.69) is 20.9 Å². The molecule has 2 N–H and O–H groups in total. The molecule has 1 aromatic rings. The molecule has 1 amide bonds. The number of amides is 1. The molecule has 1 atom stereocenters. The Labute approximate surface area is 96.6 Å². The second-order valence-corrected chi connectivity index (χ2v) is 4.50. The highest BCUT2D eigenvalue weighted by Crippen LogP contribution is 2.22. The highest BCUT2D eigenvalue weighted by molar-refractivity contribution is 9.10. The molecule has 1 saturated heterocycles. The topological polar surface area (TPSA) is 59.2 Å². The van der Waals surface area contributed by atoms with Crippen molar-refractivity contribution in [1.29, 1.82) is 0 Å². The van der Waals surface area contributed by atoms with Gasteiger partial charge in [-0.2, -0.15) is 0 Å². The molecule has 0 aliphatic carbocycles. The first-order valence-corrected chi connectivity index (χ1v) is 5.56.